The van der Waals surface area contributed by atoms with E-state index in [1.54, 1.807) is 11.3 Å². The summed E-state index contributed by atoms with van der Waals surface area (Å²) in [5.74, 6) is 0.964. The highest BCUT2D eigenvalue weighted by atomic mass is 35.5. The standard InChI is InChI=1S/C20H21ClN4OS/c1-12(26)23-20-19-16(10-18(27-19)14-4-6-15(21)7-5-14)17(24-25-20)9-13-3-2-8-22-11-13/h4-7,10,13,22H,2-3,8-9,11H2,1H3,(H,23,25,26). The molecular formula is C20H21ClN4OS. The van der Waals surface area contributed by atoms with E-state index in [9.17, 15) is 4.79 Å². The van der Waals surface area contributed by atoms with Gasteiger partial charge in [-0.25, -0.2) is 0 Å². The minimum atomic E-state index is -0.142. The van der Waals surface area contributed by atoms with Crippen molar-refractivity contribution in [3.63, 3.8) is 0 Å². The molecule has 3 heterocycles. The summed E-state index contributed by atoms with van der Waals surface area (Å²) in [5.41, 5.74) is 2.10. The Labute approximate surface area is 167 Å². The Balaban J connectivity index is 1.76. The number of carbonyl (C=O) groups excluding carboxylic acids is 1. The summed E-state index contributed by atoms with van der Waals surface area (Å²) in [5, 5.41) is 16.9. The first kappa shape index (κ1) is 18.3. The fourth-order valence-corrected chi connectivity index (χ4v) is 4.77. The van der Waals surface area contributed by atoms with Crippen LogP contribution in [0.5, 0.6) is 0 Å². The molecule has 1 saturated heterocycles. The zero-order chi connectivity index (χ0) is 18.8. The molecule has 1 aromatic carbocycles. The first-order valence-corrected chi connectivity index (χ1v) is 10.3. The predicted molar refractivity (Wildman–Crippen MR) is 111 cm³/mol. The number of benzene rings is 1. The fraction of sp³-hybridized carbons (Fsp3) is 0.350. The average Bonchev–Trinajstić information content (AvgIpc) is 3.11. The van der Waals surface area contributed by atoms with E-state index >= 15 is 0 Å². The third-order valence-corrected chi connectivity index (χ3v) is 6.28. The van der Waals surface area contributed by atoms with Gasteiger partial charge in [-0.2, -0.15) is 5.10 Å². The van der Waals surface area contributed by atoms with Crippen LogP contribution in [-0.2, 0) is 11.2 Å². The van der Waals surface area contributed by atoms with E-state index in [1.807, 2.05) is 24.3 Å². The van der Waals surface area contributed by atoms with Crippen LogP contribution < -0.4 is 10.6 Å². The Morgan fingerprint density at radius 1 is 1.33 bits per heavy atom. The zero-order valence-corrected chi connectivity index (χ0v) is 16.7. The van der Waals surface area contributed by atoms with Crippen LogP contribution in [0.4, 0.5) is 5.82 Å². The topological polar surface area (TPSA) is 66.9 Å². The molecule has 27 heavy (non-hydrogen) atoms. The van der Waals surface area contributed by atoms with Crippen LogP contribution in [-0.4, -0.2) is 29.2 Å². The van der Waals surface area contributed by atoms with Crippen molar-refractivity contribution < 1.29 is 4.79 Å². The monoisotopic (exact) mass is 400 g/mol. The van der Waals surface area contributed by atoms with Gasteiger partial charge in [0, 0.05) is 22.2 Å². The number of piperidine rings is 1. The lowest BCUT2D eigenvalue weighted by atomic mass is 9.93. The number of hydrogen-bond acceptors (Lipinski definition) is 5. The fourth-order valence-electron chi connectivity index (χ4n) is 3.52. The van der Waals surface area contributed by atoms with Gasteiger partial charge in [-0.15, -0.1) is 16.4 Å². The van der Waals surface area contributed by atoms with Crippen LogP contribution in [0.2, 0.25) is 5.02 Å². The number of rotatable bonds is 4. The number of thiophene rings is 1. The highest BCUT2D eigenvalue weighted by Gasteiger charge is 2.20. The first-order valence-electron chi connectivity index (χ1n) is 9.13. The third kappa shape index (κ3) is 4.13. The molecule has 4 rings (SSSR count). The lowest BCUT2D eigenvalue weighted by Gasteiger charge is -2.22. The number of hydrogen-bond donors (Lipinski definition) is 2. The summed E-state index contributed by atoms with van der Waals surface area (Å²) >= 11 is 7.65. The summed E-state index contributed by atoms with van der Waals surface area (Å²) in [4.78, 5) is 12.7. The highest BCUT2D eigenvalue weighted by Crippen LogP contribution is 2.38. The molecule has 3 aromatic rings. The normalized spacial score (nSPS) is 17.2. The summed E-state index contributed by atoms with van der Waals surface area (Å²) < 4.78 is 0.976. The minimum absolute atomic E-state index is 0.142. The molecule has 1 fully saturated rings. The summed E-state index contributed by atoms with van der Waals surface area (Å²) in [6.07, 6.45) is 3.30. The number of halogens is 1. The molecule has 0 saturated carbocycles. The quantitative estimate of drug-likeness (QED) is 0.676. The molecule has 1 unspecified atom stereocenters. The number of anilines is 1. The van der Waals surface area contributed by atoms with E-state index in [1.165, 1.54) is 19.8 Å². The maximum absolute atomic E-state index is 11.6. The van der Waals surface area contributed by atoms with Crippen LogP contribution in [0.25, 0.3) is 20.5 Å². The van der Waals surface area contributed by atoms with Gasteiger partial charge in [0.2, 0.25) is 5.91 Å². The molecule has 1 aliphatic heterocycles. The van der Waals surface area contributed by atoms with Crippen molar-refractivity contribution in [3.8, 4) is 10.4 Å². The predicted octanol–water partition coefficient (Wildman–Crippen LogP) is 4.51. The van der Waals surface area contributed by atoms with Crippen LogP contribution in [0, 0.1) is 5.92 Å². The van der Waals surface area contributed by atoms with Gasteiger partial charge in [-0.1, -0.05) is 23.7 Å². The van der Waals surface area contributed by atoms with Gasteiger partial charge in [0.1, 0.15) is 0 Å². The Bertz CT molecular complexity index is 964. The molecule has 7 heteroatoms. The molecule has 5 nitrogen and oxygen atoms in total. The smallest absolute Gasteiger partial charge is 0.222 e. The van der Waals surface area contributed by atoms with Gasteiger partial charge in [0.15, 0.2) is 5.82 Å². The Morgan fingerprint density at radius 2 is 2.15 bits per heavy atom. The van der Waals surface area contributed by atoms with Crippen LogP contribution in [0.15, 0.2) is 30.3 Å². The maximum atomic E-state index is 11.6. The zero-order valence-electron chi connectivity index (χ0n) is 15.1. The average molecular weight is 401 g/mol. The van der Waals surface area contributed by atoms with Crippen molar-refractivity contribution in [3.05, 3.63) is 41.0 Å². The van der Waals surface area contributed by atoms with Crippen molar-refractivity contribution in [1.29, 1.82) is 0 Å². The van der Waals surface area contributed by atoms with E-state index in [0.717, 1.165) is 45.7 Å². The summed E-state index contributed by atoms with van der Waals surface area (Å²) in [6.45, 7) is 3.60. The second kappa shape index (κ2) is 7.92. The van der Waals surface area contributed by atoms with Crippen molar-refractivity contribution in [2.45, 2.75) is 26.2 Å². The van der Waals surface area contributed by atoms with Gasteiger partial charge in [0.05, 0.1) is 10.4 Å². The molecule has 1 amide bonds. The van der Waals surface area contributed by atoms with Crippen LogP contribution in [0.3, 0.4) is 0 Å². The first-order chi connectivity index (χ1) is 13.1. The van der Waals surface area contributed by atoms with E-state index in [2.05, 4.69) is 26.9 Å². The molecule has 0 spiro atoms. The minimum Gasteiger partial charge on any atom is -0.316 e. The van der Waals surface area contributed by atoms with Gasteiger partial charge >= 0.3 is 0 Å². The molecule has 2 N–H and O–H groups in total. The van der Waals surface area contributed by atoms with Crippen LogP contribution in [0.1, 0.15) is 25.5 Å². The van der Waals surface area contributed by atoms with Crippen molar-refractivity contribution in [2.75, 3.05) is 18.4 Å². The van der Waals surface area contributed by atoms with Gasteiger partial charge in [-0.05, 0) is 62.0 Å². The van der Waals surface area contributed by atoms with E-state index in [-0.39, 0.29) is 5.91 Å². The number of amides is 1. The maximum Gasteiger partial charge on any atom is 0.222 e. The van der Waals surface area contributed by atoms with E-state index < -0.39 is 0 Å². The van der Waals surface area contributed by atoms with Crippen LogP contribution >= 0.6 is 22.9 Å². The second-order valence-electron chi connectivity index (χ2n) is 6.95. The number of nitrogens with one attached hydrogen (secondary N) is 2. The Hall–Kier alpha value is -2.02. The lowest BCUT2D eigenvalue weighted by molar-refractivity contribution is -0.114. The van der Waals surface area contributed by atoms with Gasteiger partial charge in [0.25, 0.3) is 0 Å². The van der Waals surface area contributed by atoms with Crippen molar-refractivity contribution in [2.24, 2.45) is 5.92 Å². The Morgan fingerprint density at radius 3 is 2.85 bits per heavy atom. The third-order valence-electron chi connectivity index (χ3n) is 4.83. The molecule has 1 aliphatic rings. The molecule has 0 aliphatic carbocycles. The molecule has 0 bridgehead atoms. The lowest BCUT2D eigenvalue weighted by Crippen LogP contribution is -2.31. The summed E-state index contributed by atoms with van der Waals surface area (Å²) in [7, 11) is 0. The number of carbonyl (C=O) groups is 1. The van der Waals surface area contributed by atoms with Crippen molar-refractivity contribution in [1.82, 2.24) is 15.5 Å². The number of aromatic nitrogens is 2. The molecule has 0 radical (unpaired) electrons. The van der Waals surface area contributed by atoms with Crippen molar-refractivity contribution >= 4 is 44.7 Å². The molecular weight excluding hydrogens is 380 g/mol. The Kier molecular flexibility index (Phi) is 5.38. The van der Waals surface area contributed by atoms with Gasteiger partial charge in [-0.3, -0.25) is 4.79 Å². The van der Waals surface area contributed by atoms with E-state index in [4.69, 9.17) is 11.6 Å². The molecule has 1 atom stereocenters. The molecule has 140 valence electrons. The molecule has 2 aromatic heterocycles. The van der Waals surface area contributed by atoms with Gasteiger partial charge < -0.3 is 10.6 Å². The van der Waals surface area contributed by atoms with E-state index in [0.29, 0.717) is 16.8 Å². The second-order valence-corrected chi connectivity index (χ2v) is 8.44. The number of fused-ring (bicyclic) bond motifs is 1. The summed E-state index contributed by atoms with van der Waals surface area (Å²) in [6, 6.07) is 9.96. The number of nitrogens with zero attached hydrogens (tertiary/aromatic N) is 2. The highest BCUT2D eigenvalue weighted by molar-refractivity contribution is 7.22. The SMILES string of the molecule is CC(=O)Nc1nnc(CC2CCCNC2)c2cc(-c3ccc(Cl)cc3)sc12. The largest absolute Gasteiger partial charge is 0.316 e.